The van der Waals surface area contributed by atoms with Crippen LogP contribution in [0.25, 0.3) is 0 Å². The first kappa shape index (κ1) is 22.9. The molecule has 162 valence electrons. The van der Waals surface area contributed by atoms with E-state index >= 15 is 0 Å². The topological polar surface area (TPSA) is 103 Å². The standard InChI is InChI=1S/C20H38N4O4/c1-15(2)22-20(27)21-10-8-16-6-7-17(18(14-25)28-16)23-19(26)9-13-24-11-4-3-5-12-24/h15-18,25H,3-14H2,1-2H3,(H,23,26)(H2,21,22,27)/t16-,17+,18-/m0/s1. The third-order valence-corrected chi connectivity index (χ3v) is 5.42. The molecule has 0 saturated carbocycles. The smallest absolute Gasteiger partial charge is 0.314 e. The van der Waals surface area contributed by atoms with E-state index in [1.807, 2.05) is 13.8 Å². The van der Waals surface area contributed by atoms with Crippen LogP contribution in [0.15, 0.2) is 0 Å². The fraction of sp³-hybridized carbons (Fsp3) is 0.900. The maximum Gasteiger partial charge on any atom is 0.314 e. The van der Waals surface area contributed by atoms with E-state index in [-0.39, 0.29) is 42.8 Å². The van der Waals surface area contributed by atoms with E-state index in [9.17, 15) is 14.7 Å². The molecule has 2 saturated heterocycles. The van der Waals surface area contributed by atoms with Crippen molar-refractivity contribution in [1.82, 2.24) is 20.9 Å². The van der Waals surface area contributed by atoms with E-state index in [1.54, 1.807) is 0 Å². The fourth-order valence-electron chi connectivity index (χ4n) is 3.89. The van der Waals surface area contributed by atoms with Gasteiger partial charge in [-0.1, -0.05) is 6.42 Å². The van der Waals surface area contributed by atoms with Crippen LogP contribution in [0.5, 0.6) is 0 Å². The fourth-order valence-corrected chi connectivity index (χ4v) is 3.89. The highest BCUT2D eigenvalue weighted by Gasteiger charge is 2.31. The van der Waals surface area contributed by atoms with E-state index in [0.29, 0.717) is 19.4 Å². The maximum absolute atomic E-state index is 12.3. The van der Waals surface area contributed by atoms with Gasteiger partial charge in [0.2, 0.25) is 5.91 Å². The third-order valence-electron chi connectivity index (χ3n) is 5.42. The second kappa shape index (κ2) is 12.2. The lowest BCUT2D eigenvalue weighted by Gasteiger charge is -2.36. The number of likely N-dealkylation sites (tertiary alicyclic amines) is 1. The maximum atomic E-state index is 12.3. The number of carbonyl (C=O) groups excluding carboxylic acids is 2. The summed E-state index contributed by atoms with van der Waals surface area (Å²) < 4.78 is 5.96. The van der Waals surface area contributed by atoms with Crippen molar-refractivity contribution < 1.29 is 19.4 Å². The molecule has 0 spiro atoms. The Kier molecular flexibility index (Phi) is 10.0. The molecule has 8 nitrogen and oxygen atoms in total. The Bertz CT molecular complexity index is 483. The van der Waals surface area contributed by atoms with Crippen LogP contribution in [0, 0.1) is 0 Å². The van der Waals surface area contributed by atoms with Crippen molar-refractivity contribution in [2.75, 3.05) is 32.8 Å². The molecule has 8 heteroatoms. The summed E-state index contributed by atoms with van der Waals surface area (Å²) in [5.41, 5.74) is 0. The number of rotatable bonds is 9. The van der Waals surface area contributed by atoms with Crippen LogP contribution in [0.1, 0.15) is 58.8 Å². The second-order valence-electron chi connectivity index (χ2n) is 8.23. The number of piperidine rings is 1. The average Bonchev–Trinajstić information content (AvgIpc) is 2.67. The molecular weight excluding hydrogens is 360 g/mol. The zero-order chi connectivity index (χ0) is 20.4. The summed E-state index contributed by atoms with van der Waals surface area (Å²) in [6.45, 7) is 7.21. The highest BCUT2D eigenvalue weighted by Crippen LogP contribution is 2.22. The predicted molar refractivity (Wildman–Crippen MR) is 108 cm³/mol. The van der Waals surface area contributed by atoms with Crippen molar-refractivity contribution in [1.29, 1.82) is 0 Å². The predicted octanol–water partition coefficient (Wildman–Crippen LogP) is 0.985. The summed E-state index contributed by atoms with van der Waals surface area (Å²) in [5.74, 6) is 0.0306. The van der Waals surface area contributed by atoms with E-state index in [1.165, 1.54) is 19.3 Å². The molecule has 4 N–H and O–H groups in total. The Balaban J connectivity index is 1.65. The molecule has 0 aromatic carbocycles. The lowest BCUT2D eigenvalue weighted by Crippen LogP contribution is -2.51. The summed E-state index contributed by atoms with van der Waals surface area (Å²) >= 11 is 0. The van der Waals surface area contributed by atoms with Gasteiger partial charge in [-0.15, -0.1) is 0 Å². The molecule has 2 fully saturated rings. The molecule has 2 aliphatic rings. The lowest BCUT2D eigenvalue weighted by atomic mass is 9.97. The van der Waals surface area contributed by atoms with Gasteiger partial charge in [0.15, 0.2) is 0 Å². The first-order valence-corrected chi connectivity index (χ1v) is 10.8. The molecule has 0 aromatic rings. The Hall–Kier alpha value is -1.38. The molecule has 3 amide bonds. The Morgan fingerprint density at radius 3 is 2.61 bits per heavy atom. The number of ether oxygens (including phenoxy) is 1. The summed E-state index contributed by atoms with van der Waals surface area (Å²) in [4.78, 5) is 26.3. The number of hydrogen-bond donors (Lipinski definition) is 4. The molecule has 3 atom stereocenters. The van der Waals surface area contributed by atoms with Gasteiger partial charge in [-0.25, -0.2) is 4.79 Å². The molecular formula is C20H38N4O4. The third kappa shape index (κ3) is 8.32. The number of nitrogens with one attached hydrogen (secondary N) is 3. The van der Waals surface area contributed by atoms with Gasteiger partial charge in [0, 0.05) is 25.6 Å². The first-order valence-electron chi connectivity index (χ1n) is 10.8. The van der Waals surface area contributed by atoms with E-state index < -0.39 is 0 Å². The number of aliphatic hydroxyl groups is 1. The van der Waals surface area contributed by atoms with E-state index in [0.717, 1.165) is 32.5 Å². The number of hydrogen-bond acceptors (Lipinski definition) is 5. The van der Waals surface area contributed by atoms with Crippen molar-refractivity contribution in [3.63, 3.8) is 0 Å². The number of aliphatic hydroxyl groups excluding tert-OH is 1. The Labute approximate surface area is 168 Å². The van der Waals surface area contributed by atoms with E-state index in [2.05, 4.69) is 20.9 Å². The molecule has 0 aliphatic carbocycles. The Morgan fingerprint density at radius 1 is 1.18 bits per heavy atom. The van der Waals surface area contributed by atoms with Gasteiger partial charge < -0.3 is 30.7 Å². The number of urea groups is 1. The van der Waals surface area contributed by atoms with Crippen molar-refractivity contribution >= 4 is 11.9 Å². The van der Waals surface area contributed by atoms with Crippen LogP contribution in [-0.2, 0) is 9.53 Å². The molecule has 2 heterocycles. The van der Waals surface area contributed by atoms with Crippen molar-refractivity contribution in [2.24, 2.45) is 0 Å². The molecule has 0 bridgehead atoms. The minimum Gasteiger partial charge on any atom is -0.394 e. The molecule has 28 heavy (non-hydrogen) atoms. The summed E-state index contributed by atoms with van der Waals surface area (Å²) in [6, 6.07) is -0.223. The van der Waals surface area contributed by atoms with Crippen LogP contribution in [-0.4, -0.2) is 79.0 Å². The highest BCUT2D eigenvalue weighted by molar-refractivity contribution is 5.76. The minimum atomic E-state index is -0.387. The van der Waals surface area contributed by atoms with Gasteiger partial charge in [-0.05, 0) is 59.0 Å². The monoisotopic (exact) mass is 398 g/mol. The Morgan fingerprint density at radius 2 is 1.93 bits per heavy atom. The van der Waals surface area contributed by atoms with Gasteiger partial charge in [0.25, 0.3) is 0 Å². The van der Waals surface area contributed by atoms with Crippen LogP contribution < -0.4 is 16.0 Å². The normalized spacial score (nSPS) is 26.1. The second-order valence-corrected chi connectivity index (χ2v) is 8.23. The molecule has 0 unspecified atom stereocenters. The highest BCUT2D eigenvalue weighted by atomic mass is 16.5. The largest absolute Gasteiger partial charge is 0.394 e. The van der Waals surface area contributed by atoms with Gasteiger partial charge >= 0.3 is 6.03 Å². The molecule has 2 aliphatic heterocycles. The van der Waals surface area contributed by atoms with Gasteiger partial charge in [0.1, 0.15) is 6.10 Å². The zero-order valence-corrected chi connectivity index (χ0v) is 17.4. The summed E-state index contributed by atoms with van der Waals surface area (Å²) in [6.07, 6.45) is 6.11. The van der Waals surface area contributed by atoms with Crippen molar-refractivity contribution in [2.45, 2.75) is 83.1 Å². The molecule has 0 radical (unpaired) electrons. The summed E-state index contributed by atoms with van der Waals surface area (Å²) in [5, 5.41) is 18.3. The van der Waals surface area contributed by atoms with Crippen molar-refractivity contribution in [3.05, 3.63) is 0 Å². The quantitative estimate of drug-likeness (QED) is 0.464. The number of amides is 3. The van der Waals surface area contributed by atoms with Crippen LogP contribution in [0.3, 0.4) is 0 Å². The van der Waals surface area contributed by atoms with Gasteiger partial charge in [-0.3, -0.25) is 4.79 Å². The van der Waals surface area contributed by atoms with E-state index in [4.69, 9.17) is 4.74 Å². The summed E-state index contributed by atoms with van der Waals surface area (Å²) in [7, 11) is 0. The van der Waals surface area contributed by atoms with Crippen LogP contribution >= 0.6 is 0 Å². The molecule has 2 rings (SSSR count). The van der Waals surface area contributed by atoms with Gasteiger partial charge in [0.05, 0.1) is 18.8 Å². The SMILES string of the molecule is CC(C)NC(=O)NCC[C@@H]1CC[C@@H](NC(=O)CCN2CCCCC2)[C@H](CO)O1. The average molecular weight is 399 g/mol. The molecule has 0 aromatic heterocycles. The van der Waals surface area contributed by atoms with Gasteiger partial charge in [-0.2, -0.15) is 0 Å². The minimum absolute atomic E-state index is 0.0157. The van der Waals surface area contributed by atoms with Crippen molar-refractivity contribution in [3.8, 4) is 0 Å². The lowest BCUT2D eigenvalue weighted by molar-refractivity contribution is -0.128. The zero-order valence-electron chi connectivity index (χ0n) is 17.4. The van der Waals surface area contributed by atoms with Crippen LogP contribution in [0.4, 0.5) is 4.79 Å². The number of carbonyl (C=O) groups is 2. The first-order chi connectivity index (χ1) is 13.5. The van der Waals surface area contributed by atoms with Crippen LogP contribution in [0.2, 0.25) is 0 Å². The number of nitrogens with zero attached hydrogens (tertiary/aromatic N) is 1.